The van der Waals surface area contributed by atoms with Gasteiger partial charge < -0.3 is 27.9 Å². The zero-order valence-corrected chi connectivity index (χ0v) is 30.3. The molecular weight excluding hydrogens is 577 g/mol. The lowest BCUT2D eigenvalue weighted by atomic mass is 10.1. The standard InChI is InChI=1S/C35H70NO7P/c1-6-8-10-12-14-15-16-17-18-19-20-21-22-23-25-27-30-40-32-34(43-35(37)28-26-24-13-11-9-7-2)33-42-44(38,39)41-31-29-36(3,4)5/h17-18,34H,6-16,19-33H2,1-5H3/b18-17-. The number of ether oxygens (including phenoxy) is 2. The number of allylic oxidation sites excluding steroid dienone is 2. The molecule has 0 fully saturated rings. The van der Waals surface area contributed by atoms with Gasteiger partial charge >= 0.3 is 5.97 Å². The van der Waals surface area contributed by atoms with E-state index in [1.54, 1.807) is 0 Å². The molecule has 0 bridgehead atoms. The number of carbonyl (C=O) groups excluding carboxylic acids is 1. The highest BCUT2D eigenvalue weighted by Gasteiger charge is 2.20. The summed E-state index contributed by atoms with van der Waals surface area (Å²) < 4.78 is 34.2. The average molecular weight is 648 g/mol. The summed E-state index contributed by atoms with van der Waals surface area (Å²) >= 11 is 0. The van der Waals surface area contributed by atoms with E-state index in [2.05, 4.69) is 26.0 Å². The van der Waals surface area contributed by atoms with E-state index in [0.29, 0.717) is 24.1 Å². The van der Waals surface area contributed by atoms with E-state index in [0.717, 1.165) is 32.1 Å². The summed E-state index contributed by atoms with van der Waals surface area (Å²) in [5, 5.41) is 0. The van der Waals surface area contributed by atoms with Crippen LogP contribution in [0.4, 0.5) is 0 Å². The lowest BCUT2D eigenvalue weighted by Gasteiger charge is -2.28. The second-order valence-corrected chi connectivity index (χ2v) is 14.6. The van der Waals surface area contributed by atoms with Crippen LogP contribution in [0.25, 0.3) is 0 Å². The quantitative estimate of drug-likeness (QED) is 0.0231. The topological polar surface area (TPSA) is 94.1 Å². The van der Waals surface area contributed by atoms with Crippen molar-refractivity contribution in [2.24, 2.45) is 0 Å². The van der Waals surface area contributed by atoms with E-state index >= 15 is 0 Å². The van der Waals surface area contributed by atoms with Gasteiger partial charge in [-0.15, -0.1) is 0 Å². The van der Waals surface area contributed by atoms with E-state index in [4.69, 9.17) is 18.5 Å². The number of esters is 1. The number of phosphoric ester groups is 1. The summed E-state index contributed by atoms with van der Waals surface area (Å²) in [5.41, 5.74) is 0. The first kappa shape index (κ1) is 43.2. The molecule has 0 radical (unpaired) electrons. The van der Waals surface area contributed by atoms with Crippen molar-refractivity contribution < 1.29 is 37.3 Å². The molecule has 0 amide bonds. The molecule has 0 aromatic heterocycles. The molecule has 0 saturated carbocycles. The van der Waals surface area contributed by atoms with Crippen LogP contribution in [-0.2, 0) is 27.9 Å². The van der Waals surface area contributed by atoms with Crippen LogP contribution in [0.1, 0.15) is 149 Å². The van der Waals surface area contributed by atoms with Crippen molar-refractivity contribution in [2.45, 2.75) is 155 Å². The molecule has 0 rings (SSSR count). The number of hydrogen-bond acceptors (Lipinski definition) is 7. The number of hydrogen-bond donors (Lipinski definition) is 0. The fraction of sp³-hybridized carbons (Fsp3) is 0.914. The molecule has 0 saturated heterocycles. The van der Waals surface area contributed by atoms with Crippen molar-refractivity contribution in [1.82, 2.24) is 0 Å². The van der Waals surface area contributed by atoms with Crippen LogP contribution in [0.3, 0.4) is 0 Å². The summed E-state index contributed by atoms with van der Waals surface area (Å²) in [5.74, 6) is -0.346. The minimum absolute atomic E-state index is 0.0270. The molecule has 0 aliphatic heterocycles. The molecule has 0 N–H and O–H groups in total. The van der Waals surface area contributed by atoms with E-state index < -0.39 is 13.9 Å². The Morgan fingerprint density at radius 2 is 1.18 bits per heavy atom. The second kappa shape index (κ2) is 29.6. The van der Waals surface area contributed by atoms with Crippen molar-refractivity contribution >= 4 is 13.8 Å². The number of nitrogens with zero attached hydrogens (tertiary/aromatic N) is 1. The highest BCUT2D eigenvalue weighted by Crippen LogP contribution is 2.38. The third-order valence-corrected chi connectivity index (χ3v) is 8.53. The molecular formula is C35H70NO7P. The first-order chi connectivity index (χ1) is 21.1. The van der Waals surface area contributed by atoms with Crippen LogP contribution < -0.4 is 4.89 Å². The van der Waals surface area contributed by atoms with Crippen LogP contribution in [0.5, 0.6) is 0 Å². The van der Waals surface area contributed by atoms with Crippen molar-refractivity contribution in [2.75, 3.05) is 54.1 Å². The molecule has 2 unspecified atom stereocenters. The van der Waals surface area contributed by atoms with E-state index in [1.165, 1.54) is 96.3 Å². The number of quaternary nitrogens is 1. The zero-order chi connectivity index (χ0) is 32.8. The Hall–Kier alpha value is -0.760. The highest BCUT2D eigenvalue weighted by atomic mass is 31.2. The molecule has 0 aliphatic rings. The smallest absolute Gasteiger partial charge is 0.306 e. The van der Waals surface area contributed by atoms with Gasteiger partial charge in [-0.2, -0.15) is 0 Å². The normalized spacial score (nSPS) is 14.2. The molecule has 44 heavy (non-hydrogen) atoms. The van der Waals surface area contributed by atoms with Crippen molar-refractivity contribution in [3.63, 3.8) is 0 Å². The summed E-state index contributed by atoms with van der Waals surface area (Å²) in [6.07, 6.45) is 28.1. The van der Waals surface area contributed by atoms with Crippen LogP contribution >= 0.6 is 7.82 Å². The maximum atomic E-state index is 12.4. The summed E-state index contributed by atoms with van der Waals surface area (Å²) in [7, 11) is 1.35. The Balaban J connectivity index is 4.19. The van der Waals surface area contributed by atoms with Gasteiger partial charge in [0.2, 0.25) is 0 Å². The fourth-order valence-corrected chi connectivity index (χ4v) is 5.44. The Labute approximate surface area is 271 Å². The van der Waals surface area contributed by atoms with Crippen LogP contribution in [0.15, 0.2) is 12.2 Å². The van der Waals surface area contributed by atoms with E-state index in [9.17, 15) is 14.3 Å². The number of carbonyl (C=O) groups is 1. The van der Waals surface area contributed by atoms with Gasteiger partial charge in [0.25, 0.3) is 7.82 Å². The van der Waals surface area contributed by atoms with Crippen LogP contribution in [0, 0.1) is 0 Å². The third kappa shape index (κ3) is 32.6. The molecule has 2 atom stereocenters. The van der Waals surface area contributed by atoms with E-state index in [-0.39, 0.29) is 25.8 Å². The van der Waals surface area contributed by atoms with Gasteiger partial charge in [0, 0.05) is 13.0 Å². The maximum Gasteiger partial charge on any atom is 0.306 e. The Bertz CT molecular complexity index is 726. The second-order valence-electron chi connectivity index (χ2n) is 13.2. The predicted molar refractivity (Wildman–Crippen MR) is 181 cm³/mol. The first-order valence-corrected chi connectivity index (χ1v) is 19.4. The lowest BCUT2D eigenvalue weighted by Crippen LogP contribution is -2.37. The zero-order valence-electron chi connectivity index (χ0n) is 29.4. The van der Waals surface area contributed by atoms with Gasteiger partial charge in [0.1, 0.15) is 19.3 Å². The fourth-order valence-electron chi connectivity index (χ4n) is 4.72. The van der Waals surface area contributed by atoms with Crippen LogP contribution in [0.2, 0.25) is 0 Å². The summed E-state index contributed by atoms with van der Waals surface area (Å²) in [6.45, 7) is 5.33. The average Bonchev–Trinajstić information content (AvgIpc) is 2.96. The first-order valence-electron chi connectivity index (χ1n) is 17.9. The Kier molecular flexibility index (Phi) is 29.1. The molecule has 262 valence electrons. The minimum atomic E-state index is -4.50. The number of unbranched alkanes of at least 4 members (excludes halogenated alkanes) is 17. The molecule has 0 heterocycles. The predicted octanol–water partition coefficient (Wildman–Crippen LogP) is 8.91. The number of rotatable bonds is 33. The minimum Gasteiger partial charge on any atom is -0.756 e. The van der Waals surface area contributed by atoms with Gasteiger partial charge in [-0.25, -0.2) is 0 Å². The maximum absolute atomic E-state index is 12.4. The molecule has 8 nitrogen and oxygen atoms in total. The van der Waals surface area contributed by atoms with Gasteiger partial charge in [0.15, 0.2) is 0 Å². The Morgan fingerprint density at radius 1 is 0.682 bits per heavy atom. The van der Waals surface area contributed by atoms with E-state index in [1.807, 2.05) is 21.1 Å². The van der Waals surface area contributed by atoms with Crippen molar-refractivity contribution in [3.8, 4) is 0 Å². The highest BCUT2D eigenvalue weighted by molar-refractivity contribution is 7.45. The SMILES string of the molecule is CCCCCCCC/C=C\CCCCCCCCOCC(COP(=O)([O-])OCC[N+](C)(C)C)OC(=O)CCCCCCCC. The molecule has 0 aromatic rings. The summed E-state index contributed by atoms with van der Waals surface area (Å²) in [4.78, 5) is 24.7. The number of likely N-dealkylation sites (N-methyl/N-ethyl adjacent to an activating group) is 1. The van der Waals surface area contributed by atoms with Crippen molar-refractivity contribution in [1.29, 1.82) is 0 Å². The van der Waals surface area contributed by atoms with Gasteiger partial charge in [-0.1, -0.05) is 116 Å². The van der Waals surface area contributed by atoms with Gasteiger partial charge in [-0.3, -0.25) is 9.36 Å². The lowest BCUT2D eigenvalue weighted by molar-refractivity contribution is -0.870. The van der Waals surface area contributed by atoms with Crippen molar-refractivity contribution in [3.05, 3.63) is 12.2 Å². The molecule has 9 heteroatoms. The third-order valence-electron chi connectivity index (χ3n) is 7.57. The van der Waals surface area contributed by atoms with Gasteiger partial charge in [-0.05, 0) is 38.5 Å². The number of phosphoric acid groups is 1. The Morgan fingerprint density at radius 3 is 1.73 bits per heavy atom. The molecule has 0 aromatic carbocycles. The molecule has 0 spiro atoms. The largest absolute Gasteiger partial charge is 0.756 e. The monoisotopic (exact) mass is 647 g/mol. The van der Waals surface area contributed by atoms with Crippen LogP contribution in [-0.4, -0.2) is 70.7 Å². The summed E-state index contributed by atoms with van der Waals surface area (Å²) in [6, 6.07) is 0. The van der Waals surface area contributed by atoms with Gasteiger partial charge in [0.05, 0.1) is 34.4 Å². The molecule has 0 aliphatic carbocycles.